The molecule has 0 aliphatic heterocycles. The van der Waals surface area contributed by atoms with Gasteiger partial charge in [-0.15, -0.1) is 21.8 Å². The highest BCUT2D eigenvalue weighted by Crippen LogP contribution is 2.40. The Kier molecular flexibility index (Phi) is 10.4. The maximum atomic E-state index is 10.4. The number of tetrazole rings is 1. The standard InChI is InChI=1S/C20H35ClN4O3/c1-14(26)7-6-8-15(27)11-12-17-16(18(21)13-19(17)28)9-4-2-3-5-10-20-22-24-25-23-20/h11-12,14-19,26-28H,2-10,13H2,1H3,(H,22,23,24,25)/t14-,15+,16-,17-,18-,19-/m1/s1. The first-order valence-corrected chi connectivity index (χ1v) is 11.0. The van der Waals surface area contributed by atoms with E-state index in [1.165, 1.54) is 0 Å². The van der Waals surface area contributed by atoms with Gasteiger partial charge in [-0.25, -0.2) is 0 Å². The van der Waals surface area contributed by atoms with Crippen LogP contribution >= 0.6 is 11.6 Å². The molecule has 1 aliphatic rings. The Balaban J connectivity index is 1.69. The Bertz CT molecular complexity index is 556. The van der Waals surface area contributed by atoms with Crippen LogP contribution in [0, 0.1) is 11.8 Å². The molecule has 28 heavy (non-hydrogen) atoms. The van der Waals surface area contributed by atoms with E-state index in [9.17, 15) is 15.3 Å². The average Bonchev–Trinajstić information content (AvgIpc) is 3.24. The Morgan fingerprint density at radius 1 is 1.18 bits per heavy atom. The maximum Gasteiger partial charge on any atom is 0.174 e. The lowest BCUT2D eigenvalue weighted by Crippen LogP contribution is -2.19. The molecule has 2 rings (SSSR count). The van der Waals surface area contributed by atoms with Gasteiger partial charge in [0, 0.05) is 17.7 Å². The number of aromatic amines is 1. The van der Waals surface area contributed by atoms with E-state index >= 15 is 0 Å². The molecule has 0 bridgehead atoms. The van der Waals surface area contributed by atoms with Crippen molar-refractivity contribution in [1.29, 1.82) is 0 Å². The molecule has 4 N–H and O–H groups in total. The second-order valence-electron chi connectivity index (χ2n) is 8.07. The van der Waals surface area contributed by atoms with Gasteiger partial charge in [-0.1, -0.05) is 36.6 Å². The first-order valence-electron chi connectivity index (χ1n) is 10.6. The molecule has 0 spiro atoms. The van der Waals surface area contributed by atoms with Crippen LogP contribution in [-0.4, -0.2) is 59.6 Å². The minimum Gasteiger partial charge on any atom is -0.393 e. The van der Waals surface area contributed by atoms with Crippen molar-refractivity contribution in [3.8, 4) is 0 Å². The molecule has 0 radical (unpaired) electrons. The Labute approximate surface area is 172 Å². The molecule has 8 heteroatoms. The highest BCUT2D eigenvalue weighted by atomic mass is 35.5. The van der Waals surface area contributed by atoms with Crippen LogP contribution in [0.3, 0.4) is 0 Å². The fourth-order valence-corrected chi connectivity index (χ4v) is 4.49. The number of aryl methyl sites for hydroxylation is 1. The quantitative estimate of drug-likeness (QED) is 0.224. The minimum absolute atomic E-state index is 0.00763. The zero-order valence-corrected chi connectivity index (χ0v) is 17.5. The van der Waals surface area contributed by atoms with E-state index < -0.39 is 12.2 Å². The maximum absolute atomic E-state index is 10.4. The number of nitrogens with zero attached hydrogens (tertiary/aromatic N) is 3. The summed E-state index contributed by atoms with van der Waals surface area (Å²) in [6, 6.07) is 0. The second kappa shape index (κ2) is 12.5. The summed E-state index contributed by atoms with van der Waals surface area (Å²) in [5.74, 6) is 1.01. The first kappa shape index (κ1) is 23.3. The van der Waals surface area contributed by atoms with Gasteiger partial charge in [0.2, 0.25) is 0 Å². The molecule has 1 aliphatic carbocycles. The predicted octanol–water partition coefficient (Wildman–Crippen LogP) is 2.77. The number of unbranched alkanes of at least 4 members (excludes halogenated alkanes) is 3. The lowest BCUT2D eigenvalue weighted by Gasteiger charge is -2.21. The molecule has 0 aromatic carbocycles. The van der Waals surface area contributed by atoms with Crippen molar-refractivity contribution in [1.82, 2.24) is 20.6 Å². The lowest BCUT2D eigenvalue weighted by atomic mass is 9.88. The number of aromatic nitrogens is 4. The van der Waals surface area contributed by atoms with Gasteiger partial charge >= 0.3 is 0 Å². The van der Waals surface area contributed by atoms with Crippen LogP contribution in [0.1, 0.15) is 70.5 Å². The molecule has 1 saturated carbocycles. The van der Waals surface area contributed by atoms with Gasteiger partial charge in [0.15, 0.2) is 5.82 Å². The Morgan fingerprint density at radius 3 is 2.68 bits per heavy atom. The van der Waals surface area contributed by atoms with E-state index in [2.05, 4.69) is 20.6 Å². The van der Waals surface area contributed by atoms with E-state index in [1.54, 1.807) is 13.0 Å². The summed E-state index contributed by atoms with van der Waals surface area (Å²) in [4.78, 5) is 0. The Hall–Kier alpha value is -1.02. The smallest absolute Gasteiger partial charge is 0.174 e. The number of hydrogen-bond donors (Lipinski definition) is 4. The van der Waals surface area contributed by atoms with E-state index in [4.69, 9.17) is 11.6 Å². The van der Waals surface area contributed by atoms with Gasteiger partial charge in [-0.05, 0) is 51.4 Å². The topological polar surface area (TPSA) is 115 Å². The molecule has 0 saturated heterocycles. The molecule has 1 heterocycles. The number of aliphatic hydroxyl groups excluding tert-OH is 3. The van der Waals surface area contributed by atoms with Crippen molar-refractivity contribution >= 4 is 11.6 Å². The van der Waals surface area contributed by atoms with Crippen molar-refractivity contribution in [2.24, 2.45) is 11.8 Å². The summed E-state index contributed by atoms with van der Waals surface area (Å²) in [5.41, 5.74) is 0. The van der Waals surface area contributed by atoms with Crippen molar-refractivity contribution in [2.75, 3.05) is 0 Å². The second-order valence-corrected chi connectivity index (χ2v) is 8.63. The van der Waals surface area contributed by atoms with Gasteiger partial charge in [0.25, 0.3) is 0 Å². The zero-order valence-electron chi connectivity index (χ0n) is 16.8. The predicted molar refractivity (Wildman–Crippen MR) is 109 cm³/mol. The fraction of sp³-hybridized carbons (Fsp3) is 0.850. The van der Waals surface area contributed by atoms with Crippen LogP contribution < -0.4 is 0 Å². The van der Waals surface area contributed by atoms with Gasteiger partial charge in [0.05, 0.1) is 18.3 Å². The van der Waals surface area contributed by atoms with Gasteiger partial charge < -0.3 is 15.3 Å². The molecule has 0 amide bonds. The van der Waals surface area contributed by atoms with Crippen molar-refractivity contribution in [3.05, 3.63) is 18.0 Å². The summed E-state index contributed by atoms with van der Waals surface area (Å²) in [6.07, 6.45) is 11.3. The van der Waals surface area contributed by atoms with Crippen LogP contribution in [0.15, 0.2) is 12.2 Å². The van der Waals surface area contributed by atoms with E-state index in [1.807, 2.05) is 6.08 Å². The number of alkyl halides is 1. The first-order chi connectivity index (χ1) is 13.5. The molecule has 160 valence electrons. The van der Waals surface area contributed by atoms with Crippen molar-refractivity contribution < 1.29 is 15.3 Å². The third-order valence-corrected chi connectivity index (χ3v) is 6.13. The molecule has 0 unspecified atom stereocenters. The van der Waals surface area contributed by atoms with Crippen molar-refractivity contribution in [2.45, 2.75) is 94.8 Å². The molecule has 1 aromatic heterocycles. The molecular formula is C20H35ClN4O3. The average molecular weight is 415 g/mol. The fourth-order valence-electron chi connectivity index (χ4n) is 4.01. The summed E-state index contributed by atoms with van der Waals surface area (Å²) in [7, 11) is 0. The monoisotopic (exact) mass is 414 g/mol. The van der Waals surface area contributed by atoms with Crippen LogP contribution in [0.25, 0.3) is 0 Å². The number of hydrogen-bond acceptors (Lipinski definition) is 6. The van der Waals surface area contributed by atoms with Crippen LogP contribution in [-0.2, 0) is 6.42 Å². The van der Waals surface area contributed by atoms with Crippen LogP contribution in [0.4, 0.5) is 0 Å². The van der Waals surface area contributed by atoms with Gasteiger partial charge in [0.1, 0.15) is 0 Å². The molecule has 6 atom stereocenters. The summed E-state index contributed by atoms with van der Waals surface area (Å²) in [6.45, 7) is 1.76. The van der Waals surface area contributed by atoms with Crippen molar-refractivity contribution in [3.63, 3.8) is 0 Å². The SMILES string of the molecule is C[C@@H](O)CCC[C@H](O)C=C[C@@H]1[C@@H](CCCCCCc2nn[nH]n2)[C@H](Cl)C[C@H]1O. The minimum atomic E-state index is -0.536. The molecule has 7 nitrogen and oxygen atoms in total. The number of halogens is 1. The third kappa shape index (κ3) is 8.15. The molecule has 1 aromatic rings. The normalized spacial score (nSPS) is 27.5. The summed E-state index contributed by atoms with van der Waals surface area (Å²) < 4.78 is 0. The lowest BCUT2D eigenvalue weighted by molar-refractivity contribution is 0.138. The van der Waals surface area contributed by atoms with Crippen LogP contribution in [0.2, 0.25) is 0 Å². The van der Waals surface area contributed by atoms with E-state index in [0.717, 1.165) is 50.8 Å². The van der Waals surface area contributed by atoms with E-state index in [-0.39, 0.29) is 23.3 Å². The zero-order chi connectivity index (χ0) is 20.4. The van der Waals surface area contributed by atoms with Gasteiger partial charge in [-0.2, -0.15) is 5.21 Å². The number of rotatable bonds is 13. The van der Waals surface area contributed by atoms with E-state index in [0.29, 0.717) is 19.3 Å². The number of aliphatic hydroxyl groups is 3. The van der Waals surface area contributed by atoms with Crippen LogP contribution in [0.5, 0.6) is 0 Å². The highest BCUT2D eigenvalue weighted by Gasteiger charge is 2.39. The molecular weight excluding hydrogens is 380 g/mol. The summed E-state index contributed by atoms with van der Waals surface area (Å²) in [5, 5.41) is 43.7. The summed E-state index contributed by atoms with van der Waals surface area (Å²) >= 11 is 6.50. The Morgan fingerprint density at radius 2 is 1.96 bits per heavy atom. The molecule has 1 fully saturated rings. The number of nitrogens with one attached hydrogen (secondary N) is 1. The highest BCUT2D eigenvalue weighted by molar-refractivity contribution is 6.21. The van der Waals surface area contributed by atoms with Gasteiger partial charge in [-0.3, -0.25) is 0 Å². The number of H-pyrrole nitrogens is 1. The largest absolute Gasteiger partial charge is 0.393 e. The third-order valence-electron chi connectivity index (χ3n) is 5.62.